The van der Waals surface area contributed by atoms with Crippen molar-refractivity contribution in [3.63, 3.8) is 0 Å². The maximum Gasteiger partial charge on any atom is 0.234 e. The highest BCUT2D eigenvalue weighted by molar-refractivity contribution is 7.99. The quantitative estimate of drug-likeness (QED) is 0.257. The van der Waals surface area contributed by atoms with Gasteiger partial charge in [0.2, 0.25) is 5.91 Å². The Balaban J connectivity index is 1.53. The molecule has 1 aromatic heterocycles. The van der Waals surface area contributed by atoms with E-state index in [4.69, 9.17) is 4.74 Å². The zero-order chi connectivity index (χ0) is 25.7. The summed E-state index contributed by atoms with van der Waals surface area (Å²) in [7, 11) is 0. The summed E-state index contributed by atoms with van der Waals surface area (Å²) >= 11 is 1.26. The molecular weight excluding hydrogens is 475 g/mol. The minimum absolute atomic E-state index is 0.0901. The molecule has 1 N–H and O–H groups in total. The molecule has 0 aliphatic carbocycles. The van der Waals surface area contributed by atoms with Crippen molar-refractivity contribution in [2.24, 2.45) is 0 Å². The second kappa shape index (κ2) is 11.4. The van der Waals surface area contributed by atoms with Crippen LogP contribution in [0.2, 0.25) is 0 Å². The molecule has 0 fully saturated rings. The fraction of sp³-hybridized carbons (Fsp3) is 0.250. The lowest BCUT2D eigenvalue weighted by atomic mass is 10.0. The standard InChI is InChI=1S/C28H29FN4O2S/c1-18(2)21-11-14-24(15-12-21)35-20(4)27-31-32-28(33(27)23-8-6-5-7-9-23)36-17-26(34)30-25-16-22(29)13-10-19(25)3/h5-16,18,20H,17H2,1-4H3,(H,30,34). The second-order valence-corrected chi connectivity index (χ2v) is 9.73. The van der Waals surface area contributed by atoms with Crippen molar-refractivity contribution in [2.45, 2.75) is 44.9 Å². The monoisotopic (exact) mass is 504 g/mol. The van der Waals surface area contributed by atoms with E-state index in [0.717, 1.165) is 17.0 Å². The van der Waals surface area contributed by atoms with E-state index in [-0.39, 0.29) is 17.8 Å². The Morgan fingerprint density at radius 2 is 1.75 bits per heavy atom. The maximum atomic E-state index is 13.6. The molecule has 6 nitrogen and oxygen atoms in total. The summed E-state index contributed by atoms with van der Waals surface area (Å²) in [6, 6.07) is 22.1. The summed E-state index contributed by atoms with van der Waals surface area (Å²) in [6.07, 6.45) is -0.388. The summed E-state index contributed by atoms with van der Waals surface area (Å²) in [4.78, 5) is 12.6. The van der Waals surface area contributed by atoms with Gasteiger partial charge < -0.3 is 10.1 Å². The van der Waals surface area contributed by atoms with Crippen molar-refractivity contribution < 1.29 is 13.9 Å². The number of nitrogens with zero attached hydrogens (tertiary/aromatic N) is 3. The number of para-hydroxylation sites is 1. The van der Waals surface area contributed by atoms with E-state index in [1.165, 1.54) is 29.5 Å². The van der Waals surface area contributed by atoms with Crippen LogP contribution in [0.5, 0.6) is 5.75 Å². The van der Waals surface area contributed by atoms with Gasteiger partial charge in [0.1, 0.15) is 11.6 Å². The van der Waals surface area contributed by atoms with Crippen LogP contribution in [0.3, 0.4) is 0 Å². The molecule has 0 saturated carbocycles. The van der Waals surface area contributed by atoms with Crippen LogP contribution in [-0.4, -0.2) is 26.4 Å². The van der Waals surface area contributed by atoms with Crippen molar-refractivity contribution >= 4 is 23.4 Å². The van der Waals surface area contributed by atoms with Crippen LogP contribution in [-0.2, 0) is 4.79 Å². The van der Waals surface area contributed by atoms with Crippen LogP contribution in [0.4, 0.5) is 10.1 Å². The van der Waals surface area contributed by atoms with Gasteiger partial charge >= 0.3 is 0 Å². The van der Waals surface area contributed by atoms with Crippen LogP contribution < -0.4 is 10.1 Å². The number of anilines is 1. The Hall–Kier alpha value is -3.65. The predicted octanol–water partition coefficient (Wildman–Crippen LogP) is 6.71. The summed E-state index contributed by atoms with van der Waals surface area (Å²) in [5, 5.41) is 12.1. The van der Waals surface area contributed by atoms with Crippen molar-refractivity contribution in [3.05, 3.63) is 95.6 Å². The van der Waals surface area contributed by atoms with Gasteiger partial charge in [-0.05, 0) is 67.3 Å². The number of hydrogen-bond acceptors (Lipinski definition) is 5. The van der Waals surface area contributed by atoms with Gasteiger partial charge in [-0.1, -0.05) is 62.0 Å². The van der Waals surface area contributed by atoms with Crippen molar-refractivity contribution in [2.75, 3.05) is 11.1 Å². The van der Waals surface area contributed by atoms with Crippen LogP contribution >= 0.6 is 11.8 Å². The molecule has 0 radical (unpaired) electrons. The van der Waals surface area contributed by atoms with Gasteiger partial charge in [-0.25, -0.2) is 4.39 Å². The number of carbonyl (C=O) groups excluding carboxylic acids is 1. The first-order valence-corrected chi connectivity index (χ1v) is 12.8. The summed E-state index contributed by atoms with van der Waals surface area (Å²) in [5.41, 5.74) is 3.35. The number of carbonyl (C=O) groups is 1. The molecule has 1 amide bonds. The number of amides is 1. The highest BCUT2D eigenvalue weighted by Crippen LogP contribution is 2.29. The lowest BCUT2D eigenvalue weighted by Gasteiger charge is -2.17. The van der Waals surface area contributed by atoms with Gasteiger partial charge in [-0.2, -0.15) is 0 Å². The molecular formula is C28H29FN4O2S. The van der Waals surface area contributed by atoms with Crippen LogP contribution in [0.15, 0.2) is 78.0 Å². The molecule has 0 bridgehead atoms. The molecule has 0 saturated heterocycles. The zero-order valence-electron chi connectivity index (χ0n) is 20.7. The number of aryl methyl sites for hydroxylation is 1. The largest absolute Gasteiger partial charge is 0.483 e. The molecule has 1 unspecified atom stereocenters. The highest BCUT2D eigenvalue weighted by atomic mass is 32.2. The minimum Gasteiger partial charge on any atom is -0.483 e. The first-order valence-electron chi connectivity index (χ1n) is 11.8. The SMILES string of the molecule is Cc1ccc(F)cc1NC(=O)CSc1nnc(C(C)Oc2ccc(C(C)C)cc2)n1-c1ccccc1. The van der Waals surface area contributed by atoms with E-state index in [2.05, 4.69) is 41.5 Å². The lowest BCUT2D eigenvalue weighted by molar-refractivity contribution is -0.113. The third kappa shape index (κ3) is 6.12. The molecule has 4 rings (SSSR count). The fourth-order valence-corrected chi connectivity index (χ4v) is 4.45. The zero-order valence-corrected chi connectivity index (χ0v) is 21.6. The molecule has 1 atom stereocenters. The van der Waals surface area contributed by atoms with E-state index in [1.807, 2.05) is 60.9 Å². The Morgan fingerprint density at radius 1 is 1.03 bits per heavy atom. The normalized spacial score (nSPS) is 11.9. The molecule has 36 heavy (non-hydrogen) atoms. The van der Waals surface area contributed by atoms with Gasteiger partial charge in [0.15, 0.2) is 17.1 Å². The van der Waals surface area contributed by atoms with E-state index in [9.17, 15) is 9.18 Å². The van der Waals surface area contributed by atoms with E-state index < -0.39 is 5.82 Å². The Kier molecular flexibility index (Phi) is 8.05. The van der Waals surface area contributed by atoms with Gasteiger partial charge in [-0.3, -0.25) is 9.36 Å². The molecule has 0 aliphatic heterocycles. The molecule has 4 aromatic rings. The highest BCUT2D eigenvalue weighted by Gasteiger charge is 2.22. The first-order chi connectivity index (χ1) is 17.3. The van der Waals surface area contributed by atoms with E-state index >= 15 is 0 Å². The topological polar surface area (TPSA) is 69.0 Å². The molecule has 0 aliphatic rings. The first kappa shape index (κ1) is 25.4. The van der Waals surface area contributed by atoms with Gasteiger partial charge in [0, 0.05) is 11.4 Å². The van der Waals surface area contributed by atoms with Crippen molar-refractivity contribution in [1.82, 2.24) is 14.8 Å². The average Bonchev–Trinajstić information content (AvgIpc) is 3.30. The summed E-state index contributed by atoms with van der Waals surface area (Å²) < 4.78 is 21.7. The minimum atomic E-state index is -0.398. The number of hydrogen-bond donors (Lipinski definition) is 1. The molecule has 186 valence electrons. The van der Waals surface area contributed by atoms with E-state index in [1.54, 1.807) is 6.07 Å². The van der Waals surface area contributed by atoms with Gasteiger partial charge in [0.25, 0.3) is 0 Å². The van der Waals surface area contributed by atoms with E-state index in [0.29, 0.717) is 22.6 Å². The predicted molar refractivity (Wildman–Crippen MR) is 141 cm³/mol. The summed E-state index contributed by atoms with van der Waals surface area (Å²) in [5.74, 6) is 1.25. The number of halogens is 1. The van der Waals surface area contributed by atoms with Gasteiger partial charge in [0.05, 0.1) is 5.75 Å². The Labute approximate surface area is 214 Å². The molecule has 8 heteroatoms. The number of rotatable bonds is 9. The molecule has 0 spiro atoms. The third-order valence-electron chi connectivity index (χ3n) is 5.70. The maximum absolute atomic E-state index is 13.6. The number of nitrogens with one attached hydrogen (secondary N) is 1. The molecule has 1 heterocycles. The fourth-order valence-electron chi connectivity index (χ4n) is 3.69. The van der Waals surface area contributed by atoms with Crippen LogP contribution in [0, 0.1) is 12.7 Å². The second-order valence-electron chi connectivity index (χ2n) is 8.79. The van der Waals surface area contributed by atoms with Crippen LogP contribution in [0.1, 0.15) is 49.7 Å². The van der Waals surface area contributed by atoms with Crippen LogP contribution in [0.25, 0.3) is 5.69 Å². The average molecular weight is 505 g/mol. The number of ether oxygens (including phenoxy) is 1. The third-order valence-corrected chi connectivity index (χ3v) is 6.63. The number of aromatic nitrogens is 3. The number of benzene rings is 3. The molecule has 3 aromatic carbocycles. The Bertz CT molecular complexity index is 1320. The van der Waals surface area contributed by atoms with Crippen molar-refractivity contribution in [3.8, 4) is 11.4 Å². The van der Waals surface area contributed by atoms with Crippen molar-refractivity contribution in [1.29, 1.82) is 0 Å². The summed E-state index contributed by atoms with van der Waals surface area (Å²) in [6.45, 7) is 8.05. The van der Waals surface area contributed by atoms with Gasteiger partial charge in [-0.15, -0.1) is 10.2 Å². The number of thioether (sulfide) groups is 1. The lowest BCUT2D eigenvalue weighted by Crippen LogP contribution is -2.16. The Morgan fingerprint density at radius 3 is 2.44 bits per heavy atom. The smallest absolute Gasteiger partial charge is 0.234 e.